The van der Waals surface area contributed by atoms with Gasteiger partial charge in [-0.3, -0.25) is 10.6 Å². The molecule has 2 aromatic rings. The molecule has 8 nitrogen and oxygen atoms in total. The number of carbonyl (C=O) groups is 2. The van der Waals surface area contributed by atoms with E-state index in [4.69, 9.17) is 14.0 Å². The zero-order valence-corrected chi connectivity index (χ0v) is 11.6. The van der Waals surface area contributed by atoms with Crippen molar-refractivity contribution < 1.29 is 23.6 Å². The molecule has 0 saturated carbocycles. The first-order valence-electron chi connectivity index (χ1n) is 6.41. The van der Waals surface area contributed by atoms with E-state index in [1.54, 1.807) is 32.0 Å². The average molecular weight is 293 g/mol. The van der Waals surface area contributed by atoms with Crippen molar-refractivity contribution in [1.82, 2.24) is 5.16 Å². The zero-order valence-electron chi connectivity index (χ0n) is 11.6. The summed E-state index contributed by atoms with van der Waals surface area (Å²) in [5, 5.41) is 9.30. The lowest BCUT2D eigenvalue weighted by atomic mass is 10.2. The van der Waals surface area contributed by atoms with Gasteiger partial charge >= 0.3 is 12.2 Å². The summed E-state index contributed by atoms with van der Waals surface area (Å²) in [6, 6.07) is 4.88. The largest absolute Gasteiger partial charge is 0.450 e. The highest BCUT2D eigenvalue weighted by Crippen LogP contribution is 2.26. The molecule has 0 aliphatic heterocycles. The molecule has 1 aromatic carbocycles. The highest BCUT2D eigenvalue weighted by atomic mass is 16.6. The molecular weight excluding hydrogens is 278 g/mol. The molecule has 0 radical (unpaired) electrons. The second kappa shape index (κ2) is 6.60. The fourth-order valence-corrected chi connectivity index (χ4v) is 1.66. The molecule has 2 N–H and O–H groups in total. The van der Waals surface area contributed by atoms with Gasteiger partial charge in [-0.2, -0.15) is 0 Å². The summed E-state index contributed by atoms with van der Waals surface area (Å²) >= 11 is 0. The van der Waals surface area contributed by atoms with Crippen LogP contribution in [0.3, 0.4) is 0 Å². The Morgan fingerprint density at radius 3 is 2.48 bits per heavy atom. The van der Waals surface area contributed by atoms with Crippen molar-refractivity contribution in [3.8, 4) is 0 Å². The number of hydrogen-bond acceptors (Lipinski definition) is 6. The minimum Gasteiger partial charge on any atom is -0.450 e. The van der Waals surface area contributed by atoms with Crippen LogP contribution in [0.1, 0.15) is 13.8 Å². The zero-order chi connectivity index (χ0) is 15.2. The normalized spacial score (nSPS) is 10.2. The molecule has 0 atom stereocenters. The predicted octanol–water partition coefficient (Wildman–Crippen LogP) is 2.96. The van der Waals surface area contributed by atoms with E-state index in [1.807, 2.05) is 0 Å². The van der Waals surface area contributed by atoms with Crippen LogP contribution in [0.15, 0.2) is 22.7 Å². The number of benzene rings is 1. The average Bonchev–Trinajstić information content (AvgIpc) is 2.82. The summed E-state index contributed by atoms with van der Waals surface area (Å²) in [6.07, 6.45) is -1.19. The van der Waals surface area contributed by atoms with Crippen molar-refractivity contribution >= 4 is 34.7 Å². The SMILES string of the molecule is CCOC(=O)Nc1ccc2onc(NC(=O)OCC)c2c1. The second-order valence-corrected chi connectivity index (χ2v) is 3.93. The quantitative estimate of drug-likeness (QED) is 0.898. The first-order valence-corrected chi connectivity index (χ1v) is 6.41. The molecule has 21 heavy (non-hydrogen) atoms. The van der Waals surface area contributed by atoms with Crippen LogP contribution in [0.4, 0.5) is 21.1 Å². The summed E-state index contributed by atoms with van der Waals surface area (Å²) in [7, 11) is 0. The number of hydrogen-bond donors (Lipinski definition) is 2. The molecule has 8 heteroatoms. The number of nitrogens with zero attached hydrogens (tertiary/aromatic N) is 1. The van der Waals surface area contributed by atoms with E-state index in [1.165, 1.54) is 0 Å². The van der Waals surface area contributed by atoms with Crippen LogP contribution in [0.5, 0.6) is 0 Å². The van der Waals surface area contributed by atoms with Crippen LogP contribution in [0, 0.1) is 0 Å². The van der Waals surface area contributed by atoms with E-state index in [2.05, 4.69) is 15.8 Å². The Kier molecular flexibility index (Phi) is 4.60. The van der Waals surface area contributed by atoms with E-state index in [-0.39, 0.29) is 19.0 Å². The molecule has 0 unspecified atom stereocenters. The Labute approximate surface area is 120 Å². The third kappa shape index (κ3) is 3.62. The summed E-state index contributed by atoms with van der Waals surface area (Å²) < 4.78 is 14.6. The number of nitrogens with one attached hydrogen (secondary N) is 2. The smallest absolute Gasteiger partial charge is 0.412 e. The van der Waals surface area contributed by atoms with Crippen LogP contribution in [0.2, 0.25) is 0 Å². The summed E-state index contributed by atoms with van der Waals surface area (Å²) in [4.78, 5) is 22.8. The van der Waals surface area contributed by atoms with Crippen LogP contribution in [-0.4, -0.2) is 30.6 Å². The number of ether oxygens (including phenoxy) is 2. The summed E-state index contributed by atoms with van der Waals surface area (Å²) in [6.45, 7) is 3.93. The minimum absolute atomic E-state index is 0.218. The molecule has 0 fully saturated rings. The number of carbonyl (C=O) groups excluding carboxylic acids is 2. The molecule has 0 saturated heterocycles. The lowest BCUT2D eigenvalue weighted by molar-refractivity contribution is 0.167. The highest BCUT2D eigenvalue weighted by molar-refractivity contribution is 5.98. The molecule has 2 amide bonds. The van der Waals surface area contributed by atoms with Crippen molar-refractivity contribution in [2.24, 2.45) is 0 Å². The molecule has 112 valence electrons. The van der Waals surface area contributed by atoms with Crippen LogP contribution >= 0.6 is 0 Å². The Morgan fingerprint density at radius 2 is 1.81 bits per heavy atom. The second-order valence-electron chi connectivity index (χ2n) is 3.93. The first kappa shape index (κ1) is 14.6. The summed E-state index contributed by atoms with van der Waals surface area (Å²) in [5.41, 5.74) is 0.965. The van der Waals surface area contributed by atoms with Crippen LogP contribution in [0.25, 0.3) is 11.0 Å². The molecule has 0 bridgehead atoms. The third-order valence-corrected chi connectivity index (χ3v) is 2.49. The number of rotatable bonds is 4. The fraction of sp³-hybridized carbons (Fsp3) is 0.308. The van der Waals surface area contributed by atoms with Crippen molar-refractivity contribution in [1.29, 1.82) is 0 Å². The van der Waals surface area contributed by atoms with E-state index < -0.39 is 12.2 Å². The van der Waals surface area contributed by atoms with Crippen molar-refractivity contribution in [3.05, 3.63) is 18.2 Å². The van der Waals surface area contributed by atoms with Gasteiger partial charge in [-0.15, -0.1) is 0 Å². The van der Waals surface area contributed by atoms with Gasteiger partial charge in [0, 0.05) is 5.69 Å². The minimum atomic E-state index is -0.628. The van der Waals surface area contributed by atoms with E-state index >= 15 is 0 Å². The Balaban J connectivity index is 2.20. The predicted molar refractivity (Wildman–Crippen MR) is 75.3 cm³/mol. The van der Waals surface area contributed by atoms with Gasteiger partial charge in [0.2, 0.25) is 0 Å². The maximum absolute atomic E-state index is 11.4. The Bertz CT molecular complexity index is 652. The molecule has 0 aliphatic rings. The molecule has 1 aromatic heterocycles. The Hall–Kier alpha value is -2.77. The van der Waals surface area contributed by atoms with Crippen molar-refractivity contribution in [2.75, 3.05) is 23.8 Å². The first-order chi connectivity index (χ1) is 10.1. The maximum atomic E-state index is 11.4. The van der Waals surface area contributed by atoms with Crippen molar-refractivity contribution in [3.63, 3.8) is 0 Å². The van der Waals surface area contributed by atoms with Gasteiger partial charge in [0.15, 0.2) is 11.4 Å². The Morgan fingerprint density at radius 1 is 1.14 bits per heavy atom. The summed E-state index contributed by atoms with van der Waals surface area (Å²) in [5.74, 6) is 0.218. The highest BCUT2D eigenvalue weighted by Gasteiger charge is 2.13. The van der Waals surface area contributed by atoms with E-state index in [0.717, 1.165) is 0 Å². The van der Waals surface area contributed by atoms with Gasteiger partial charge in [-0.05, 0) is 32.0 Å². The van der Waals surface area contributed by atoms with Crippen molar-refractivity contribution in [2.45, 2.75) is 13.8 Å². The van der Waals surface area contributed by atoms with Gasteiger partial charge in [0.25, 0.3) is 0 Å². The number of amides is 2. The van der Waals surface area contributed by atoms with Gasteiger partial charge in [-0.25, -0.2) is 9.59 Å². The standard InChI is InChI=1S/C13H15N3O5/c1-3-19-12(17)14-8-5-6-10-9(7-8)11(16-21-10)15-13(18)20-4-2/h5-7H,3-4H2,1-2H3,(H,14,17)(H,15,16,18). The topological polar surface area (TPSA) is 103 Å². The van der Waals surface area contributed by atoms with Gasteiger partial charge < -0.3 is 14.0 Å². The number of aromatic nitrogens is 1. The molecule has 0 aliphatic carbocycles. The van der Waals surface area contributed by atoms with Crippen LogP contribution < -0.4 is 10.6 Å². The molecule has 0 spiro atoms. The third-order valence-electron chi connectivity index (χ3n) is 2.49. The molecule has 1 heterocycles. The number of anilines is 2. The molecule has 2 rings (SSSR count). The lowest BCUT2D eigenvalue weighted by Crippen LogP contribution is -2.14. The van der Waals surface area contributed by atoms with Gasteiger partial charge in [0.1, 0.15) is 0 Å². The number of fused-ring (bicyclic) bond motifs is 1. The van der Waals surface area contributed by atoms with E-state index in [9.17, 15) is 9.59 Å². The molecular formula is C13H15N3O5. The van der Waals surface area contributed by atoms with Gasteiger partial charge in [-0.1, -0.05) is 5.16 Å². The monoisotopic (exact) mass is 293 g/mol. The van der Waals surface area contributed by atoms with Crippen LogP contribution in [-0.2, 0) is 9.47 Å². The lowest BCUT2D eigenvalue weighted by Gasteiger charge is -2.05. The maximum Gasteiger partial charge on any atom is 0.412 e. The van der Waals surface area contributed by atoms with E-state index in [0.29, 0.717) is 16.7 Å². The van der Waals surface area contributed by atoms with Gasteiger partial charge in [0.05, 0.1) is 18.6 Å². The fourth-order valence-electron chi connectivity index (χ4n) is 1.66.